The van der Waals surface area contributed by atoms with Gasteiger partial charge in [-0.3, -0.25) is 4.79 Å². The van der Waals surface area contributed by atoms with Crippen LogP contribution >= 0.6 is 0 Å². The van der Waals surface area contributed by atoms with Crippen LogP contribution in [0.5, 0.6) is 11.5 Å². The number of ether oxygens (including phenoxy) is 2. The van der Waals surface area contributed by atoms with Gasteiger partial charge in [-0.25, -0.2) is 4.98 Å². The molecule has 2 heterocycles. The zero-order chi connectivity index (χ0) is 18.1. The van der Waals surface area contributed by atoms with E-state index in [1.54, 1.807) is 25.4 Å². The Balaban J connectivity index is 1.70. The number of hydrogen-bond donors (Lipinski definition) is 1. The Morgan fingerprint density at radius 1 is 1.19 bits per heavy atom. The van der Waals surface area contributed by atoms with E-state index in [4.69, 9.17) is 15.2 Å². The Hall–Kier alpha value is -3.02. The number of nitrogens with zero attached hydrogens (tertiary/aromatic N) is 2. The molecule has 134 valence electrons. The fourth-order valence-corrected chi connectivity index (χ4v) is 3.39. The van der Waals surface area contributed by atoms with Gasteiger partial charge in [0.05, 0.1) is 18.9 Å². The van der Waals surface area contributed by atoms with Crippen LogP contribution < -0.4 is 15.2 Å². The summed E-state index contributed by atoms with van der Waals surface area (Å²) in [5.41, 5.74) is 8.19. The van der Waals surface area contributed by atoms with Crippen LogP contribution in [-0.4, -0.2) is 28.5 Å². The minimum Gasteiger partial charge on any atom is -0.493 e. The largest absolute Gasteiger partial charge is 0.493 e. The van der Waals surface area contributed by atoms with E-state index in [0.717, 1.165) is 35.6 Å². The molecule has 1 fully saturated rings. The smallest absolute Gasteiger partial charge is 0.248 e. The normalized spacial score (nSPS) is 14.7. The average Bonchev–Trinajstić information content (AvgIpc) is 3.30. The lowest BCUT2D eigenvalue weighted by atomic mass is 10.1. The topological polar surface area (TPSA) is 78.9 Å². The van der Waals surface area contributed by atoms with Crippen LogP contribution in [0.2, 0.25) is 0 Å². The zero-order valence-corrected chi connectivity index (χ0v) is 14.6. The van der Waals surface area contributed by atoms with E-state index >= 15 is 0 Å². The van der Waals surface area contributed by atoms with Crippen molar-refractivity contribution in [3.8, 4) is 22.8 Å². The van der Waals surface area contributed by atoms with Crippen molar-refractivity contribution >= 4 is 11.6 Å². The molecule has 1 aliphatic carbocycles. The second-order valence-electron chi connectivity index (χ2n) is 6.56. The van der Waals surface area contributed by atoms with Gasteiger partial charge in [0.15, 0.2) is 11.5 Å². The van der Waals surface area contributed by atoms with Crippen LogP contribution in [0.4, 0.5) is 0 Å². The van der Waals surface area contributed by atoms with E-state index in [1.807, 2.05) is 28.8 Å². The molecule has 6 heteroatoms. The van der Waals surface area contributed by atoms with E-state index in [0.29, 0.717) is 11.2 Å². The van der Waals surface area contributed by atoms with Gasteiger partial charge in [-0.2, -0.15) is 0 Å². The van der Waals surface area contributed by atoms with Gasteiger partial charge in [0.25, 0.3) is 0 Å². The number of fused-ring (bicyclic) bond motifs is 1. The summed E-state index contributed by atoms with van der Waals surface area (Å²) in [7, 11) is 1.65. The first-order valence-electron chi connectivity index (χ1n) is 8.77. The molecule has 0 bridgehead atoms. The highest BCUT2D eigenvalue weighted by Crippen LogP contribution is 2.35. The van der Waals surface area contributed by atoms with E-state index in [2.05, 4.69) is 4.98 Å². The maximum atomic E-state index is 11.4. The van der Waals surface area contributed by atoms with Gasteiger partial charge in [-0.05, 0) is 56.0 Å². The van der Waals surface area contributed by atoms with Gasteiger partial charge in [-0.1, -0.05) is 0 Å². The van der Waals surface area contributed by atoms with Crippen LogP contribution in [0.1, 0.15) is 36.0 Å². The zero-order valence-electron chi connectivity index (χ0n) is 14.6. The van der Waals surface area contributed by atoms with Gasteiger partial charge in [0, 0.05) is 23.5 Å². The first-order chi connectivity index (χ1) is 12.6. The fraction of sp³-hybridized carbons (Fsp3) is 0.300. The number of imidazole rings is 1. The monoisotopic (exact) mass is 351 g/mol. The summed E-state index contributed by atoms with van der Waals surface area (Å²) in [6, 6.07) is 9.19. The van der Waals surface area contributed by atoms with E-state index in [1.165, 1.54) is 12.8 Å². The Bertz CT molecular complexity index is 958. The summed E-state index contributed by atoms with van der Waals surface area (Å²) in [6.45, 7) is 0. The van der Waals surface area contributed by atoms with Crippen molar-refractivity contribution in [2.45, 2.75) is 31.8 Å². The summed E-state index contributed by atoms with van der Waals surface area (Å²) in [6.07, 6.45) is 8.53. The Morgan fingerprint density at radius 2 is 2.00 bits per heavy atom. The van der Waals surface area contributed by atoms with Crippen molar-refractivity contribution in [2.24, 2.45) is 5.73 Å². The summed E-state index contributed by atoms with van der Waals surface area (Å²) in [5, 5.41) is 0. The Morgan fingerprint density at radius 3 is 2.73 bits per heavy atom. The molecule has 1 saturated carbocycles. The first-order valence-corrected chi connectivity index (χ1v) is 8.77. The van der Waals surface area contributed by atoms with Gasteiger partial charge in [0.2, 0.25) is 5.91 Å². The minimum atomic E-state index is -0.464. The van der Waals surface area contributed by atoms with E-state index < -0.39 is 5.91 Å². The van der Waals surface area contributed by atoms with Gasteiger partial charge < -0.3 is 19.6 Å². The highest BCUT2D eigenvalue weighted by atomic mass is 16.5. The van der Waals surface area contributed by atoms with Crippen LogP contribution in [0, 0.1) is 0 Å². The van der Waals surface area contributed by atoms with Gasteiger partial charge in [-0.15, -0.1) is 0 Å². The number of rotatable bonds is 5. The number of primary amides is 1. The summed E-state index contributed by atoms with van der Waals surface area (Å²) in [4.78, 5) is 16.0. The third kappa shape index (κ3) is 3.10. The van der Waals surface area contributed by atoms with Gasteiger partial charge >= 0.3 is 0 Å². The Labute approximate surface area is 151 Å². The lowest BCUT2D eigenvalue weighted by molar-refractivity contribution is 0.1000. The summed E-state index contributed by atoms with van der Waals surface area (Å²) >= 11 is 0. The van der Waals surface area contributed by atoms with Crippen LogP contribution in [0.25, 0.3) is 16.9 Å². The number of carbonyl (C=O) groups is 1. The molecule has 2 N–H and O–H groups in total. The van der Waals surface area contributed by atoms with Crippen LogP contribution in [0.3, 0.4) is 0 Å². The lowest BCUT2D eigenvalue weighted by Gasteiger charge is -2.16. The number of methoxy groups -OCH3 is 1. The molecule has 1 aliphatic rings. The summed E-state index contributed by atoms with van der Waals surface area (Å²) < 4.78 is 13.5. The SMILES string of the molecule is COc1ccc(-c2cn3ccc(C(N)=O)cc3n2)cc1OC1CCCC1. The third-order valence-electron chi connectivity index (χ3n) is 4.80. The van der Waals surface area contributed by atoms with Crippen molar-refractivity contribution in [3.05, 3.63) is 48.3 Å². The predicted octanol–water partition coefficient (Wildman–Crippen LogP) is 3.43. The second-order valence-corrected chi connectivity index (χ2v) is 6.56. The summed E-state index contributed by atoms with van der Waals surface area (Å²) in [5.74, 6) is 1.00. The number of hydrogen-bond acceptors (Lipinski definition) is 4. The molecule has 0 atom stereocenters. The molecule has 4 rings (SSSR count). The molecule has 3 aromatic rings. The van der Waals surface area contributed by atoms with Gasteiger partial charge in [0.1, 0.15) is 5.65 Å². The molecule has 0 saturated heterocycles. The predicted molar refractivity (Wildman–Crippen MR) is 98.6 cm³/mol. The minimum absolute atomic E-state index is 0.248. The van der Waals surface area contributed by atoms with Crippen molar-refractivity contribution in [1.82, 2.24) is 9.38 Å². The van der Waals surface area contributed by atoms with Crippen LogP contribution in [-0.2, 0) is 0 Å². The van der Waals surface area contributed by atoms with Crippen LogP contribution in [0.15, 0.2) is 42.7 Å². The lowest BCUT2D eigenvalue weighted by Crippen LogP contribution is -2.11. The van der Waals surface area contributed by atoms with E-state index in [-0.39, 0.29) is 6.10 Å². The molecule has 2 aromatic heterocycles. The molecule has 0 radical (unpaired) electrons. The molecule has 26 heavy (non-hydrogen) atoms. The molecule has 0 aliphatic heterocycles. The first kappa shape index (κ1) is 16.4. The molecular formula is C20H21N3O3. The molecule has 0 unspecified atom stereocenters. The molecule has 1 aromatic carbocycles. The average molecular weight is 351 g/mol. The van der Waals surface area contributed by atoms with Crippen molar-refractivity contribution < 1.29 is 14.3 Å². The van der Waals surface area contributed by atoms with Crippen molar-refractivity contribution in [3.63, 3.8) is 0 Å². The third-order valence-corrected chi connectivity index (χ3v) is 4.80. The van der Waals surface area contributed by atoms with E-state index in [9.17, 15) is 4.79 Å². The standard InChI is InChI=1S/C20H21N3O3/c1-25-17-7-6-13(10-18(17)26-15-4-2-3-5-15)16-12-23-9-8-14(20(21)24)11-19(23)22-16/h6-12,15H,2-5H2,1H3,(H2,21,24). The number of nitrogens with two attached hydrogens (primary N) is 1. The molecular weight excluding hydrogens is 330 g/mol. The Kier molecular flexibility index (Phi) is 4.24. The molecule has 1 amide bonds. The quantitative estimate of drug-likeness (QED) is 0.764. The number of amides is 1. The van der Waals surface area contributed by atoms with Crippen molar-refractivity contribution in [1.29, 1.82) is 0 Å². The maximum Gasteiger partial charge on any atom is 0.248 e. The molecule has 6 nitrogen and oxygen atoms in total. The number of aromatic nitrogens is 2. The molecule has 0 spiro atoms. The highest BCUT2D eigenvalue weighted by molar-refractivity contribution is 5.93. The number of pyridine rings is 1. The van der Waals surface area contributed by atoms with Crippen molar-refractivity contribution in [2.75, 3.05) is 7.11 Å². The maximum absolute atomic E-state index is 11.4. The number of carbonyl (C=O) groups excluding carboxylic acids is 1. The highest BCUT2D eigenvalue weighted by Gasteiger charge is 2.19. The second kappa shape index (κ2) is 6.71. The fourth-order valence-electron chi connectivity index (χ4n) is 3.39. The number of benzene rings is 1.